The van der Waals surface area contributed by atoms with Crippen molar-refractivity contribution in [1.82, 2.24) is 0 Å². The molecule has 0 aliphatic rings. The average molecular weight is 251 g/mol. The van der Waals surface area contributed by atoms with Crippen LogP contribution in [0.4, 0.5) is 0 Å². The molecule has 46 valence electrons. The molecule has 0 aromatic rings. The summed E-state index contributed by atoms with van der Waals surface area (Å²) in [5, 5.41) is 7.42. The molecule has 7 heavy (non-hydrogen) atoms. The summed E-state index contributed by atoms with van der Waals surface area (Å²) >= 11 is 0. The summed E-state index contributed by atoms with van der Waals surface area (Å²) in [6.07, 6.45) is 0. The van der Waals surface area contributed by atoms with Gasteiger partial charge < -0.3 is 5.11 Å². The van der Waals surface area contributed by atoms with Crippen LogP contribution in [0.5, 0.6) is 0 Å². The van der Waals surface area contributed by atoms with E-state index in [0.717, 1.165) is 6.92 Å². The van der Waals surface area contributed by atoms with E-state index in [9.17, 15) is 0 Å². The quantitative estimate of drug-likeness (QED) is 0.644. The van der Waals surface area contributed by atoms with Gasteiger partial charge in [-0.3, -0.25) is 4.79 Å². The van der Waals surface area contributed by atoms with Crippen molar-refractivity contribution < 1.29 is 9.90 Å². The Labute approximate surface area is 73.3 Å². The van der Waals surface area contributed by atoms with E-state index in [1.54, 1.807) is 0 Å². The zero-order valence-electron chi connectivity index (χ0n) is 3.17. The minimum atomic E-state index is -0.833. The first-order valence-electron chi connectivity index (χ1n) is 0.928. The van der Waals surface area contributed by atoms with Crippen LogP contribution in [-0.4, -0.2) is 36.9 Å². The molecule has 0 aliphatic carbocycles. The van der Waals surface area contributed by atoms with Crippen LogP contribution in [0.2, 0.25) is 0 Å². The molecule has 0 rings (SSSR count). The van der Waals surface area contributed by atoms with Gasteiger partial charge in [0.15, 0.2) is 0 Å². The molecule has 5 heteroatoms. The predicted octanol–water partition coefficient (Wildman–Crippen LogP) is -0.249. The molecule has 0 aromatic carbocycles. The van der Waals surface area contributed by atoms with Gasteiger partial charge in [-0.25, -0.2) is 0 Å². The molecule has 0 aromatic heterocycles. The first-order chi connectivity index (χ1) is 1.73. The first-order valence-corrected chi connectivity index (χ1v) is 0.928. The van der Waals surface area contributed by atoms with Gasteiger partial charge in [0, 0.05) is 6.92 Å². The number of halogens is 2. The summed E-state index contributed by atoms with van der Waals surface area (Å²) < 4.78 is 0. The van der Waals surface area contributed by atoms with E-state index < -0.39 is 5.97 Å². The van der Waals surface area contributed by atoms with Gasteiger partial charge in [-0.05, 0) is 0 Å². The van der Waals surface area contributed by atoms with Gasteiger partial charge in [0.2, 0.25) is 0 Å². The molecular weight excluding hydrogens is 242 g/mol. The van der Waals surface area contributed by atoms with Gasteiger partial charge in [0.1, 0.15) is 0 Å². The van der Waals surface area contributed by atoms with E-state index in [1.165, 1.54) is 0 Å². The van der Waals surface area contributed by atoms with Gasteiger partial charge in [0.05, 0.1) is 0 Å². The molecule has 0 fully saturated rings. The van der Waals surface area contributed by atoms with E-state index in [4.69, 9.17) is 9.90 Å². The Morgan fingerprint density at radius 2 is 1.43 bits per heavy atom. The Kier molecular flexibility index (Phi) is 55.6. The van der Waals surface area contributed by atoms with Crippen LogP contribution in [0.3, 0.4) is 0 Å². The summed E-state index contributed by atoms with van der Waals surface area (Å²) in [7, 11) is 0. The van der Waals surface area contributed by atoms with E-state index in [0.29, 0.717) is 0 Å². The van der Waals surface area contributed by atoms with Crippen molar-refractivity contribution in [2.75, 3.05) is 0 Å². The molecule has 2 nitrogen and oxygen atoms in total. The molecule has 0 amide bonds. The fourth-order valence-electron chi connectivity index (χ4n) is 0. The summed E-state index contributed by atoms with van der Waals surface area (Å²) in [4.78, 5) is 9.00. The number of carboxylic acids is 1. The second-order valence-corrected chi connectivity index (χ2v) is 0.519. The van der Waals surface area contributed by atoms with E-state index in [2.05, 4.69) is 0 Å². The Hall–Kier alpha value is 0.920. The predicted molar refractivity (Wildman–Crippen MR) is 37.7 cm³/mol. The van der Waals surface area contributed by atoms with Crippen LogP contribution < -0.4 is 0 Å². The number of carbonyl (C=O) groups is 1. The van der Waals surface area contributed by atoms with Crippen LogP contribution in [0.25, 0.3) is 0 Å². The van der Waals surface area contributed by atoms with Crippen molar-refractivity contribution in [1.29, 1.82) is 0 Å². The van der Waals surface area contributed by atoms with E-state index in [1.807, 2.05) is 0 Å². The minimum absolute atomic E-state index is 0. The van der Waals surface area contributed by atoms with Gasteiger partial charge in [-0.2, -0.15) is 0 Å². The van der Waals surface area contributed by atoms with Gasteiger partial charge in [-0.15, -0.1) is 24.8 Å². The van der Waals surface area contributed by atoms with Crippen LogP contribution in [0.1, 0.15) is 6.92 Å². The van der Waals surface area contributed by atoms with Crippen molar-refractivity contribution >= 4 is 56.6 Å². The second kappa shape index (κ2) is 15.8. The molecule has 0 aliphatic heterocycles. The molecule has 0 spiro atoms. The molecule has 0 atom stereocenters. The van der Waals surface area contributed by atoms with Crippen LogP contribution in [-0.2, 0) is 4.79 Å². The first kappa shape index (κ1) is 24.7. The monoisotopic (exact) mass is 250 g/mol. The fourth-order valence-corrected chi connectivity index (χ4v) is 0. The Bertz CT molecular complexity index is 36.7. The average Bonchev–Trinajstić information content (AvgIpc) is 0.811. The summed E-state index contributed by atoms with van der Waals surface area (Å²) in [6.45, 7) is 1.08. The zero-order chi connectivity index (χ0) is 3.58. The van der Waals surface area contributed by atoms with Gasteiger partial charge in [-0.1, -0.05) is 0 Å². The molecule has 1 N–H and O–H groups in total. The second-order valence-electron chi connectivity index (χ2n) is 0.519. The van der Waals surface area contributed by atoms with Gasteiger partial charge in [0.25, 0.3) is 5.97 Å². The zero-order valence-corrected chi connectivity index (χ0v) is 4.80. The molecule has 0 bridgehead atoms. The Balaban J connectivity index is -0.0000000150. The van der Waals surface area contributed by atoms with Gasteiger partial charge >= 0.3 is 25.8 Å². The van der Waals surface area contributed by atoms with E-state index >= 15 is 0 Å². The SMILES string of the molecule is CC(=O)O.Cl.Cl.[InH3]. The maximum atomic E-state index is 9.00. The van der Waals surface area contributed by atoms with Crippen LogP contribution >= 0.6 is 24.8 Å². The topological polar surface area (TPSA) is 37.3 Å². The number of carboxylic acid groups (broad SMARTS) is 1. The fraction of sp³-hybridized carbons (Fsp3) is 0.500. The number of hydrogen-bond acceptors (Lipinski definition) is 1. The third kappa shape index (κ3) is 198. The molecule has 0 unspecified atom stereocenters. The summed E-state index contributed by atoms with van der Waals surface area (Å²) in [6, 6.07) is 0. The Morgan fingerprint density at radius 3 is 1.43 bits per heavy atom. The number of aliphatic carboxylic acids is 1. The maximum absolute atomic E-state index is 9.00. The van der Waals surface area contributed by atoms with Crippen LogP contribution in [0, 0.1) is 0 Å². The normalized spacial score (nSPS) is 3.57. The van der Waals surface area contributed by atoms with Crippen molar-refractivity contribution in [2.24, 2.45) is 0 Å². The van der Waals surface area contributed by atoms with Crippen molar-refractivity contribution in [3.63, 3.8) is 0 Å². The molecule has 0 saturated carbocycles. The van der Waals surface area contributed by atoms with Crippen molar-refractivity contribution in [2.45, 2.75) is 6.92 Å². The molecular formula is C2H9Cl2InO2. The summed E-state index contributed by atoms with van der Waals surface area (Å²) in [5.41, 5.74) is 0. The van der Waals surface area contributed by atoms with Crippen molar-refractivity contribution in [3.8, 4) is 0 Å². The van der Waals surface area contributed by atoms with E-state index in [-0.39, 0.29) is 50.7 Å². The third-order valence-corrected chi connectivity index (χ3v) is 0. The number of hydrogen-bond donors (Lipinski definition) is 1. The molecule has 0 radical (unpaired) electrons. The van der Waals surface area contributed by atoms with Crippen molar-refractivity contribution in [3.05, 3.63) is 0 Å². The number of rotatable bonds is 0. The molecule has 0 saturated heterocycles. The summed E-state index contributed by atoms with van der Waals surface area (Å²) in [5.74, 6) is -0.833. The molecule has 0 heterocycles. The standard InChI is InChI=1S/C2H4O2.2ClH.In.3H/c1-2(3)4;;;;;;/h1H3,(H,3,4);2*1H;;;;. The third-order valence-electron chi connectivity index (χ3n) is 0. The van der Waals surface area contributed by atoms with Crippen LogP contribution in [0.15, 0.2) is 0 Å². The Morgan fingerprint density at radius 1 is 1.43 bits per heavy atom.